The highest BCUT2D eigenvalue weighted by Gasteiger charge is 2.54. The van der Waals surface area contributed by atoms with Gasteiger partial charge in [0.15, 0.2) is 29.8 Å². The van der Waals surface area contributed by atoms with E-state index < -0.39 is 35.1 Å². The average Bonchev–Trinajstić information content (AvgIpc) is 3.44. The second-order valence-corrected chi connectivity index (χ2v) is 11.3. The number of β-lactam (4-membered cyclic amide) rings is 1. The molecule has 224 valence electrons. The van der Waals surface area contributed by atoms with Gasteiger partial charge in [0.25, 0.3) is 17.7 Å². The highest BCUT2D eigenvalue weighted by atomic mass is 32.2. The van der Waals surface area contributed by atoms with Gasteiger partial charge in [-0.1, -0.05) is 17.3 Å². The zero-order chi connectivity index (χ0) is 31.4. The predicted octanol–water partition coefficient (Wildman–Crippen LogP) is 1.79. The summed E-state index contributed by atoms with van der Waals surface area (Å²) in [7, 11) is 0. The second-order valence-electron chi connectivity index (χ2n) is 9.35. The van der Waals surface area contributed by atoms with Crippen LogP contribution in [0.25, 0.3) is 10.8 Å². The van der Waals surface area contributed by atoms with E-state index in [2.05, 4.69) is 20.4 Å². The van der Waals surface area contributed by atoms with Gasteiger partial charge >= 0.3 is 5.97 Å². The molecule has 0 radical (unpaired) electrons. The lowest BCUT2D eigenvalue weighted by atomic mass is 10.0. The molecule has 0 aliphatic carbocycles. The normalized spacial score (nSPS) is 18.1. The smallest absolute Gasteiger partial charge is 0.352 e. The number of anilines is 1. The summed E-state index contributed by atoms with van der Waals surface area (Å²) in [6.07, 6.45) is 7.04. The van der Waals surface area contributed by atoms with Crippen LogP contribution in [0.15, 0.2) is 75.6 Å². The lowest BCUT2D eigenvalue weighted by Gasteiger charge is -2.49. The molecule has 1 aromatic carbocycles. The Morgan fingerprint density at radius 1 is 1.36 bits per heavy atom. The first-order valence-corrected chi connectivity index (χ1v) is 15.0. The number of carboxylic acid groups (broad SMARTS) is 1. The number of hydrogen-bond donors (Lipinski definition) is 4. The zero-order valence-electron chi connectivity index (χ0n) is 23.1. The van der Waals surface area contributed by atoms with Crippen molar-refractivity contribution in [2.75, 3.05) is 18.1 Å². The van der Waals surface area contributed by atoms with E-state index in [9.17, 15) is 24.3 Å². The van der Waals surface area contributed by atoms with Crippen molar-refractivity contribution in [3.05, 3.63) is 76.7 Å². The summed E-state index contributed by atoms with van der Waals surface area (Å²) in [6, 6.07) is 7.74. The van der Waals surface area contributed by atoms with Crippen LogP contribution in [0.3, 0.4) is 0 Å². The molecule has 1 fully saturated rings. The molecule has 14 nitrogen and oxygen atoms in total. The number of hydrogen-bond acceptors (Lipinski definition) is 11. The Balaban J connectivity index is 1.30. The first-order valence-electron chi connectivity index (χ1n) is 13.1. The Bertz CT molecular complexity index is 1830. The Morgan fingerprint density at radius 2 is 2.18 bits per heavy atom. The summed E-state index contributed by atoms with van der Waals surface area (Å²) in [5.41, 5.74) is 6.41. The molecule has 2 atom stereocenters. The average molecular weight is 634 g/mol. The molecule has 2 aliphatic heterocycles. The highest BCUT2D eigenvalue weighted by molar-refractivity contribution is 8.00. The summed E-state index contributed by atoms with van der Waals surface area (Å²) in [6.45, 7) is 2.29. The van der Waals surface area contributed by atoms with Crippen molar-refractivity contribution in [2.24, 2.45) is 10.1 Å². The number of thioether (sulfide) groups is 1. The van der Waals surface area contributed by atoms with Crippen LogP contribution in [0.5, 0.6) is 0 Å². The Morgan fingerprint density at radius 3 is 2.89 bits per heavy atom. The molecule has 16 heteroatoms. The molecule has 3 amide bonds. The molecule has 0 unspecified atom stereocenters. The van der Waals surface area contributed by atoms with Crippen LogP contribution in [0, 0.1) is 5.41 Å². The van der Waals surface area contributed by atoms with E-state index in [0.717, 1.165) is 16.7 Å². The van der Waals surface area contributed by atoms with Gasteiger partial charge in [0.05, 0.1) is 11.6 Å². The van der Waals surface area contributed by atoms with E-state index in [0.29, 0.717) is 28.8 Å². The predicted molar refractivity (Wildman–Crippen MR) is 162 cm³/mol. The van der Waals surface area contributed by atoms with Crippen molar-refractivity contribution in [3.63, 3.8) is 0 Å². The highest BCUT2D eigenvalue weighted by Crippen LogP contribution is 2.40. The molecule has 0 saturated carbocycles. The van der Waals surface area contributed by atoms with Gasteiger partial charge in [-0.25, -0.2) is 19.8 Å². The number of allylic oxidation sites excluding steroid dienone is 2. The first-order chi connectivity index (χ1) is 21.2. The number of aliphatic carboxylic acids is 1. The van der Waals surface area contributed by atoms with E-state index >= 15 is 0 Å². The van der Waals surface area contributed by atoms with Crippen LogP contribution < -0.4 is 15.6 Å². The molecular formula is C28H25N8O6S2+. The fraction of sp³-hybridized carbons (Fsp3) is 0.214. The van der Waals surface area contributed by atoms with E-state index in [1.165, 1.54) is 16.7 Å². The number of pyridine rings is 1. The number of oxime groups is 1. The van der Waals surface area contributed by atoms with Crippen molar-refractivity contribution in [1.29, 1.82) is 5.41 Å². The Labute approximate surface area is 258 Å². The number of nitrogen functional groups attached to an aromatic ring is 1. The van der Waals surface area contributed by atoms with E-state index in [-0.39, 0.29) is 28.8 Å². The molecule has 2 aromatic heterocycles. The molecule has 4 heterocycles. The van der Waals surface area contributed by atoms with Gasteiger partial charge in [-0.05, 0) is 30.7 Å². The fourth-order valence-corrected chi connectivity index (χ4v) is 6.58. The number of nitrogens with zero attached hydrogens (tertiary/aromatic N) is 5. The van der Waals surface area contributed by atoms with Crippen molar-refractivity contribution in [1.82, 2.24) is 15.2 Å². The third kappa shape index (κ3) is 5.99. The summed E-state index contributed by atoms with van der Waals surface area (Å²) in [5, 5.41) is 26.0. The topological polar surface area (TPSA) is 204 Å². The molecule has 2 aliphatic rings. The minimum atomic E-state index is -1.26. The number of fused-ring (bicyclic) bond motifs is 2. The van der Waals surface area contributed by atoms with Gasteiger partial charge in [-0.15, -0.1) is 28.1 Å². The van der Waals surface area contributed by atoms with Gasteiger partial charge < -0.3 is 21.0 Å². The maximum atomic E-state index is 13.1. The second kappa shape index (κ2) is 13.0. The molecule has 44 heavy (non-hydrogen) atoms. The van der Waals surface area contributed by atoms with Crippen molar-refractivity contribution < 1.29 is 33.7 Å². The fourth-order valence-electron chi connectivity index (χ4n) is 4.71. The monoisotopic (exact) mass is 633 g/mol. The van der Waals surface area contributed by atoms with Crippen LogP contribution >= 0.6 is 23.1 Å². The number of benzene rings is 1. The third-order valence-electron chi connectivity index (χ3n) is 6.65. The minimum Gasteiger partial charge on any atom is -0.477 e. The maximum Gasteiger partial charge on any atom is 0.352 e. The van der Waals surface area contributed by atoms with Crippen LogP contribution in [0.1, 0.15) is 23.0 Å². The number of aromatic nitrogens is 2. The summed E-state index contributed by atoms with van der Waals surface area (Å²) in [5.74, 6) is -2.78. The molecule has 0 spiro atoms. The zero-order valence-corrected chi connectivity index (χ0v) is 24.7. The van der Waals surface area contributed by atoms with Crippen LogP contribution in [-0.4, -0.2) is 74.2 Å². The maximum absolute atomic E-state index is 13.1. The Kier molecular flexibility index (Phi) is 8.94. The molecule has 0 bridgehead atoms. The minimum absolute atomic E-state index is 0.140. The van der Waals surface area contributed by atoms with E-state index in [1.54, 1.807) is 54.9 Å². The van der Waals surface area contributed by atoms with E-state index in [4.69, 9.17) is 16.0 Å². The van der Waals surface area contributed by atoms with Gasteiger partial charge in [0, 0.05) is 28.0 Å². The molecule has 5 N–H and O–H groups in total. The number of amides is 3. The van der Waals surface area contributed by atoms with Crippen LogP contribution in [-0.2, 0) is 25.8 Å². The third-order valence-corrected chi connectivity index (χ3v) is 8.63. The standard InChI is InChI=1S/C28H24N8O6S2/c1-2-42-34-20(19-13-44-28(30)32-19)24(38)33-21-25(39)36-22(27(40)41)16(12-43-26(21)36)6-4-9-35-10-8-17-15(11-35)5-3-7-18(17)23(37)31-14-29/h3-8,10-11,13,21,26,29H,2,9,12H2,1H3,(H3-,30,32,33,38,40,41)/p+1/b6-4+,34-20-/t21-,26-/m1/s1. The van der Waals surface area contributed by atoms with Gasteiger partial charge in [-0.3, -0.25) is 19.3 Å². The first kappa shape index (κ1) is 30.3. The number of nitrogens with one attached hydrogen (secondary N) is 2. The van der Waals surface area contributed by atoms with Crippen LogP contribution in [0.2, 0.25) is 0 Å². The lowest BCUT2D eigenvalue weighted by molar-refractivity contribution is -0.685. The molecule has 3 aromatic rings. The summed E-state index contributed by atoms with van der Waals surface area (Å²) in [4.78, 5) is 64.3. The van der Waals surface area contributed by atoms with Gasteiger partial charge in [0.1, 0.15) is 29.4 Å². The van der Waals surface area contributed by atoms with Crippen molar-refractivity contribution >= 4 is 74.4 Å². The number of carboxylic acids is 1. The Hall–Kier alpha value is -5.18. The summed E-state index contributed by atoms with van der Waals surface area (Å²) < 4.78 is 1.85. The number of carbonyl (C=O) groups is 4. The van der Waals surface area contributed by atoms with Crippen LogP contribution in [0.4, 0.5) is 5.13 Å². The molecule has 5 rings (SSSR count). The van der Waals surface area contributed by atoms with Crippen molar-refractivity contribution in [3.8, 4) is 0 Å². The quantitative estimate of drug-likeness (QED) is 0.111. The van der Waals surface area contributed by atoms with Gasteiger partial charge in [-0.2, -0.15) is 0 Å². The number of aliphatic imine (C=N–C) groups is 1. The van der Waals surface area contributed by atoms with E-state index in [1.807, 2.05) is 16.8 Å². The lowest BCUT2D eigenvalue weighted by Crippen LogP contribution is -2.71. The number of rotatable bonds is 10. The van der Waals surface area contributed by atoms with Crippen molar-refractivity contribution in [2.45, 2.75) is 24.9 Å². The summed E-state index contributed by atoms with van der Waals surface area (Å²) >= 11 is 2.45. The SMILES string of the molecule is CCO/N=C(\C(=O)N[C@@H]1C(=O)N2C(C(=O)O)=C(/C=C/C[n+]3ccc4c(C(=O)N=C=N)cccc4c3)CS[C@H]12)c1csc(N)n1. The molecular weight excluding hydrogens is 608 g/mol. The number of nitrogens with two attached hydrogens (primary N) is 1. The number of thiazole rings is 1. The van der Waals surface area contributed by atoms with Gasteiger partial charge in [0.2, 0.25) is 0 Å². The number of carbonyl (C=O) groups excluding carboxylic acids is 3. The largest absolute Gasteiger partial charge is 0.477 e. The molecule has 1 saturated heterocycles.